The quantitative estimate of drug-likeness (QED) is 0.442. The van der Waals surface area contributed by atoms with Crippen LogP contribution in [0.25, 0.3) is 21.5 Å². The molecule has 1 amide bonds. The van der Waals surface area contributed by atoms with Crippen LogP contribution >= 0.6 is 22.9 Å². The Kier molecular flexibility index (Phi) is 4.37. The second-order valence-electron chi connectivity index (χ2n) is 6.79. The van der Waals surface area contributed by atoms with Gasteiger partial charge in [-0.25, -0.2) is 0 Å². The van der Waals surface area contributed by atoms with Crippen LogP contribution in [0.3, 0.4) is 0 Å². The zero-order valence-corrected chi connectivity index (χ0v) is 16.4. The van der Waals surface area contributed by atoms with Gasteiger partial charge < -0.3 is 9.32 Å². The van der Waals surface area contributed by atoms with Crippen molar-refractivity contribution in [1.82, 2.24) is 15.1 Å². The molecule has 0 atom stereocenters. The summed E-state index contributed by atoms with van der Waals surface area (Å²) in [6, 6.07) is 17.5. The van der Waals surface area contributed by atoms with Gasteiger partial charge in [0.05, 0.1) is 22.0 Å². The fourth-order valence-electron chi connectivity index (χ4n) is 3.19. The van der Waals surface area contributed by atoms with Crippen LogP contribution < -0.4 is 0 Å². The SMILES string of the molecule is O=C(c1cc2ccccc2s1)N(Cc1nnc(-c2ccccc2Cl)o1)C1CC1. The van der Waals surface area contributed by atoms with Crippen molar-refractivity contribution in [2.24, 2.45) is 0 Å². The summed E-state index contributed by atoms with van der Waals surface area (Å²) in [6.45, 7) is 0.301. The van der Waals surface area contributed by atoms with Crippen molar-refractivity contribution in [3.63, 3.8) is 0 Å². The number of carbonyl (C=O) groups is 1. The highest BCUT2D eigenvalue weighted by molar-refractivity contribution is 7.20. The highest BCUT2D eigenvalue weighted by Gasteiger charge is 2.35. The Balaban J connectivity index is 1.41. The average molecular weight is 410 g/mol. The van der Waals surface area contributed by atoms with Crippen LogP contribution in [0.15, 0.2) is 59.0 Å². The molecule has 28 heavy (non-hydrogen) atoms. The number of rotatable bonds is 5. The fourth-order valence-corrected chi connectivity index (χ4v) is 4.42. The minimum absolute atomic E-state index is 0.0150. The first-order chi connectivity index (χ1) is 13.7. The predicted octanol–water partition coefficient (Wildman–Crippen LogP) is 5.41. The summed E-state index contributed by atoms with van der Waals surface area (Å²) in [5.74, 6) is 0.795. The summed E-state index contributed by atoms with van der Waals surface area (Å²) in [5, 5.41) is 9.89. The number of hydrogen-bond acceptors (Lipinski definition) is 5. The lowest BCUT2D eigenvalue weighted by Gasteiger charge is -2.19. The Morgan fingerprint density at radius 2 is 1.93 bits per heavy atom. The van der Waals surface area contributed by atoms with Gasteiger partial charge in [0.1, 0.15) is 0 Å². The number of carbonyl (C=O) groups excluding carboxylic acids is 1. The molecule has 0 bridgehead atoms. The highest BCUT2D eigenvalue weighted by Crippen LogP contribution is 2.33. The molecule has 0 unspecified atom stereocenters. The molecule has 1 aliphatic rings. The lowest BCUT2D eigenvalue weighted by molar-refractivity contribution is 0.0719. The van der Waals surface area contributed by atoms with E-state index in [1.54, 1.807) is 6.07 Å². The normalized spacial score (nSPS) is 13.8. The van der Waals surface area contributed by atoms with Crippen molar-refractivity contribution in [2.75, 3.05) is 0 Å². The van der Waals surface area contributed by atoms with Gasteiger partial charge in [-0.15, -0.1) is 21.5 Å². The van der Waals surface area contributed by atoms with E-state index in [1.807, 2.05) is 53.4 Å². The molecule has 5 nitrogen and oxygen atoms in total. The number of nitrogens with zero attached hydrogens (tertiary/aromatic N) is 3. The van der Waals surface area contributed by atoms with E-state index in [0.717, 1.165) is 27.8 Å². The predicted molar refractivity (Wildman–Crippen MR) is 109 cm³/mol. The fraction of sp³-hybridized carbons (Fsp3) is 0.190. The van der Waals surface area contributed by atoms with Crippen molar-refractivity contribution in [2.45, 2.75) is 25.4 Å². The zero-order valence-electron chi connectivity index (χ0n) is 14.8. The van der Waals surface area contributed by atoms with E-state index in [2.05, 4.69) is 10.2 Å². The monoisotopic (exact) mass is 409 g/mol. The lowest BCUT2D eigenvalue weighted by atomic mass is 10.2. The molecule has 1 aliphatic carbocycles. The van der Waals surface area contributed by atoms with Gasteiger partial charge in [-0.1, -0.05) is 41.9 Å². The van der Waals surface area contributed by atoms with E-state index >= 15 is 0 Å². The van der Waals surface area contributed by atoms with Crippen LogP contribution in [0, 0.1) is 0 Å². The Labute approximate surface area is 170 Å². The van der Waals surface area contributed by atoms with Gasteiger partial charge >= 0.3 is 0 Å². The number of thiophene rings is 1. The largest absolute Gasteiger partial charge is 0.419 e. The Morgan fingerprint density at radius 3 is 2.71 bits per heavy atom. The number of benzene rings is 2. The van der Waals surface area contributed by atoms with Crippen LogP contribution in [0.2, 0.25) is 5.02 Å². The van der Waals surface area contributed by atoms with Crippen LogP contribution in [-0.2, 0) is 6.54 Å². The average Bonchev–Trinajstić information content (AvgIpc) is 3.28. The van der Waals surface area contributed by atoms with Gasteiger partial charge in [0.25, 0.3) is 5.91 Å². The molecule has 0 saturated heterocycles. The van der Waals surface area contributed by atoms with Crippen LogP contribution in [-0.4, -0.2) is 27.0 Å². The molecule has 1 saturated carbocycles. The second kappa shape index (κ2) is 7.04. The van der Waals surface area contributed by atoms with E-state index in [0.29, 0.717) is 28.9 Å². The molecule has 0 spiro atoms. The Hall–Kier alpha value is -2.70. The lowest BCUT2D eigenvalue weighted by Crippen LogP contribution is -2.32. The smallest absolute Gasteiger partial charge is 0.264 e. The van der Waals surface area contributed by atoms with Crippen LogP contribution in [0.1, 0.15) is 28.4 Å². The summed E-state index contributed by atoms with van der Waals surface area (Å²) >= 11 is 7.73. The van der Waals surface area contributed by atoms with E-state index in [4.69, 9.17) is 16.0 Å². The van der Waals surface area contributed by atoms with Crippen LogP contribution in [0.5, 0.6) is 0 Å². The van der Waals surface area contributed by atoms with Crippen molar-refractivity contribution < 1.29 is 9.21 Å². The zero-order chi connectivity index (χ0) is 19.1. The third-order valence-corrected chi connectivity index (χ3v) is 6.20. The summed E-state index contributed by atoms with van der Waals surface area (Å²) in [5.41, 5.74) is 0.691. The minimum Gasteiger partial charge on any atom is -0.419 e. The molecule has 0 N–H and O–H groups in total. The van der Waals surface area contributed by atoms with Crippen molar-refractivity contribution in [3.05, 3.63) is 70.4 Å². The van der Waals surface area contributed by atoms with Crippen molar-refractivity contribution in [1.29, 1.82) is 0 Å². The second-order valence-corrected chi connectivity index (χ2v) is 8.28. The Bertz CT molecular complexity index is 1130. The third kappa shape index (κ3) is 3.30. The van der Waals surface area contributed by atoms with E-state index in [-0.39, 0.29) is 11.9 Å². The molecule has 0 aliphatic heterocycles. The van der Waals surface area contributed by atoms with Gasteiger partial charge in [0.15, 0.2) is 0 Å². The minimum atomic E-state index is 0.0150. The van der Waals surface area contributed by atoms with Crippen molar-refractivity contribution >= 4 is 38.9 Å². The number of halogens is 1. The number of fused-ring (bicyclic) bond motifs is 1. The van der Waals surface area contributed by atoms with E-state index in [1.165, 1.54) is 11.3 Å². The molecular formula is C21H16ClN3O2S. The molecule has 7 heteroatoms. The first-order valence-corrected chi connectivity index (χ1v) is 10.3. The molecule has 0 radical (unpaired) electrons. The van der Waals surface area contributed by atoms with Gasteiger partial charge in [-0.2, -0.15) is 0 Å². The first kappa shape index (κ1) is 17.4. The highest BCUT2D eigenvalue weighted by atomic mass is 35.5. The summed E-state index contributed by atoms with van der Waals surface area (Å²) in [6.07, 6.45) is 2.00. The number of aromatic nitrogens is 2. The molecule has 4 aromatic rings. The topological polar surface area (TPSA) is 59.2 Å². The maximum atomic E-state index is 13.2. The molecule has 5 rings (SSSR count). The number of amides is 1. The van der Waals surface area contributed by atoms with E-state index in [9.17, 15) is 4.79 Å². The maximum Gasteiger partial charge on any atom is 0.264 e. The number of hydrogen-bond donors (Lipinski definition) is 0. The molecule has 2 aromatic carbocycles. The summed E-state index contributed by atoms with van der Waals surface area (Å²) < 4.78 is 6.92. The van der Waals surface area contributed by atoms with E-state index < -0.39 is 0 Å². The first-order valence-electron chi connectivity index (χ1n) is 9.06. The van der Waals surface area contributed by atoms with Crippen LogP contribution in [0.4, 0.5) is 0 Å². The standard InChI is InChI=1S/C21H16ClN3O2S/c22-16-7-3-2-6-15(16)20-24-23-19(27-20)12-25(14-9-10-14)21(26)18-11-13-5-1-4-8-17(13)28-18/h1-8,11,14H,9-10,12H2. The summed E-state index contributed by atoms with van der Waals surface area (Å²) in [7, 11) is 0. The van der Waals surface area contributed by atoms with Gasteiger partial charge in [0.2, 0.25) is 11.8 Å². The maximum absolute atomic E-state index is 13.2. The molecule has 2 heterocycles. The van der Waals surface area contributed by atoms with Gasteiger partial charge in [-0.05, 0) is 42.5 Å². The summed E-state index contributed by atoms with van der Waals surface area (Å²) in [4.78, 5) is 15.7. The van der Waals surface area contributed by atoms with Gasteiger partial charge in [-0.3, -0.25) is 4.79 Å². The molecule has 140 valence electrons. The van der Waals surface area contributed by atoms with Crippen molar-refractivity contribution in [3.8, 4) is 11.5 Å². The molecular weight excluding hydrogens is 394 g/mol. The molecule has 2 aromatic heterocycles. The third-order valence-electron chi connectivity index (χ3n) is 4.76. The molecule has 1 fully saturated rings. The van der Waals surface area contributed by atoms with Gasteiger partial charge in [0, 0.05) is 10.7 Å². The Morgan fingerprint density at radius 1 is 1.14 bits per heavy atom.